The zero-order chi connectivity index (χ0) is 23.0. The number of para-hydroxylation sites is 1. The smallest absolute Gasteiger partial charge is 0.306 e. The van der Waals surface area contributed by atoms with Crippen molar-refractivity contribution in [1.29, 1.82) is 0 Å². The number of aromatic nitrogens is 4. The normalized spacial score (nSPS) is 11.6. The SMILES string of the molecule is Cc1cnn(-c2ccccc2)c1NC(=O)c1cc(-c2ccn(C)n2)c(C(F)(F)F)cc1Cl. The summed E-state index contributed by atoms with van der Waals surface area (Å²) in [5.74, 6) is -0.279. The minimum Gasteiger partial charge on any atom is -0.306 e. The van der Waals surface area contributed by atoms with Crippen LogP contribution in [0.5, 0.6) is 0 Å². The number of benzene rings is 2. The summed E-state index contributed by atoms with van der Waals surface area (Å²) in [7, 11) is 1.59. The molecular formula is C22H17ClF3N5O. The van der Waals surface area contributed by atoms with E-state index < -0.39 is 17.6 Å². The van der Waals surface area contributed by atoms with Crippen molar-refractivity contribution in [3.63, 3.8) is 0 Å². The Morgan fingerprint density at radius 1 is 1.12 bits per heavy atom. The summed E-state index contributed by atoms with van der Waals surface area (Å²) in [4.78, 5) is 13.1. The maximum absolute atomic E-state index is 13.6. The molecule has 10 heteroatoms. The molecule has 0 spiro atoms. The van der Waals surface area contributed by atoms with Crippen LogP contribution >= 0.6 is 11.6 Å². The second-order valence-electron chi connectivity index (χ2n) is 7.13. The summed E-state index contributed by atoms with van der Waals surface area (Å²) >= 11 is 6.12. The number of anilines is 1. The molecule has 0 aliphatic rings. The van der Waals surface area contributed by atoms with E-state index in [-0.39, 0.29) is 21.8 Å². The summed E-state index contributed by atoms with van der Waals surface area (Å²) in [6, 6.07) is 12.4. The third kappa shape index (κ3) is 4.11. The van der Waals surface area contributed by atoms with Crippen LogP contribution in [0, 0.1) is 6.92 Å². The molecule has 0 saturated carbocycles. The van der Waals surface area contributed by atoms with Gasteiger partial charge in [0, 0.05) is 24.4 Å². The number of hydrogen-bond acceptors (Lipinski definition) is 3. The van der Waals surface area contributed by atoms with E-state index in [0.717, 1.165) is 12.1 Å². The number of carbonyl (C=O) groups excluding carboxylic acids is 1. The molecule has 0 aliphatic heterocycles. The molecule has 32 heavy (non-hydrogen) atoms. The van der Waals surface area contributed by atoms with Gasteiger partial charge in [0.2, 0.25) is 0 Å². The summed E-state index contributed by atoms with van der Waals surface area (Å²) in [6.45, 7) is 1.76. The number of hydrogen-bond donors (Lipinski definition) is 1. The zero-order valence-corrected chi connectivity index (χ0v) is 17.7. The van der Waals surface area contributed by atoms with Crippen LogP contribution in [0.25, 0.3) is 16.9 Å². The van der Waals surface area contributed by atoms with Crippen LogP contribution in [-0.2, 0) is 13.2 Å². The highest BCUT2D eigenvalue weighted by molar-refractivity contribution is 6.34. The van der Waals surface area contributed by atoms with Crippen molar-refractivity contribution in [2.24, 2.45) is 7.05 Å². The van der Waals surface area contributed by atoms with Crippen LogP contribution < -0.4 is 5.32 Å². The van der Waals surface area contributed by atoms with Crippen molar-refractivity contribution >= 4 is 23.3 Å². The Morgan fingerprint density at radius 2 is 1.84 bits per heavy atom. The van der Waals surface area contributed by atoms with Gasteiger partial charge in [0.25, 0.3) is 5.91 Å². The lowest BCUT2D eigenvalue weighted by Gasteiger charge is -2.15. The number of carbonyl (C=O) groups is 1. The largest absolute Gasteiger partial charge is 0.417 e. The van der Waals surface area contributed by atoms with Gasteiger partial charge in [0.15, 0.2) is 0 Å². The Hall–Kier alpha value is -3.59. The van der Waals surface area contributed by atoms with Crippen molar-refractivity contribution in [3.05, 3.63) is 82.6 Å². The third-order valence-corrected chi connectivity index (χ3v) is 5.14. The van der Waals surface area contributed by atoms with Crippen LogP contribution in [0.4, 0.5) is 19.0 Å². The van der Waals surface area contributed by atoms with E-state index in [1.807, 2.05) is 30.3 Å². The van der Waals surface area contributed by atoms with Gasteiger partial charge in [-0.25, -0.2) is 4.68 Å². The number of amides is 1. The van der Waals surface area contributed by atoms with Gasteiger partial charge in [-0.15, -0.1) is 0 Å². The Labute approximate surface area is 186 Å². The highest BCUT2D eigenvalue weighted by Crippen LogP contribution is 2.39. The molecule has 164 valence electrons. The molecule has 2 heterocycles. The average Bonchev–Trinajstić information content (AvgIpc) is 3.33. The monoisotopic (exact) mass is 459 g/mol. The minimum atomic E-state index is -4.67. The van der Waals surface area contributed by atoms with Crippen LogP contribution in [0.3, 0.4) is 0 Å². The maximum atomic E-state index is 13.6. The minimum absolute atomic E-state index is 0.0797. The summed E-state index contributed by atoms with van der Waals surface area (Å²) < 4.78 is 43.9. The van der Waals surface area contributed by atoms with Gasteiger partial charge < -0.3 is 5.32 Å². The topological polar surface area (TPSA) is 64.7 Å². The maximum Gasteiger partial charge on any atom is 0.417 e. The molecule has 4 rings (SSSR count). The summed E-state index contributed by atoms with van der Waals surface area (Å²) in [5, 5.41) is 10.7. The fraction of sp³-hybridized carbons (Fsp3) is 0.136. The molecule has 0 saturated heterocycles. The van der Waals surface area contributed by atoms with Crippen molar-refractivity contribution in [3.8, 4) is 16.9 Å². The standard InChI is InChI=1S/C22H17ClF3N5O/c1-13-12-27-31(14-6-4-3-5-7-14)20(13)28-21(32)16-10-15(19-8-9-30(2)29-19)17(11-18(16)23)22(24,25)26/h3-12H,1-2H3,(H,28,32). The van der Waals surface area contributed by atoms with E-state index >= 15 is 0 Å². The molecule has 1 amide bonds. The fourth-order valence-electron chi connectivity index (χ4n) is 3.27. The van der Waals surface area contributed by atoms with E-state index in [0.29, 0.717) is 17.1 Å². The number of rotatable bonds is 4. The quantitative estimate of drug-likeness (QED) is 0.438. The first-order chi connectivity index (χ1) is 15.1. The number of aryl methyl sites for hydroxylation is 2. The zero-order valence-electron chi connectivity index (χ0n) is 17.0. The van der Waals surface area contributed by atoms with E-state index in [4.69, 9.17) is 11.6 Å². The number of halogens is 4. The summed E-state index contributed by atoms with van der Waals surface area (Å²) in [6.07, 6.45) is -1.57. The first-order valence-electron chi connectivity index (χ1n) is 9.47. The third-order valence-electron chi connectivity index (χ3n) is 4.83. The van der Waals surface area contributed by atoms with Crippen LogP contribution in [-0.4, -0.2) is 25.5 Å². The van der Waals surface area contributed by atoms with Gasteiger partial charge in [-0.1, -0.05) is 29.8 Å². The van der Waals surface area contributed by atoms with E-state index in [2.05, 4.69) is 15.5 Å². The molecule has 2 aromatic heterocycles. The Bertz CT molecular complexity index is 1290. The molecular weight excluding hydrogens is 443 g/mol. The van der Waals surface area contributed by atoms with Crippen LogP contribution in [0.2, 0.25) is 5.02 Å². The molecule has 1 N–H and O–H groups in total. The van der Waals surface area contributed by atoms with Crippen molar-refractivity contribution in [2.45, 2.75) is 13.1 Å². The molecule has 0 atom stereocenters. The molecule has 6 nitrogen and oxygen atoms in total. The molecule has 0 bridgehead atoms. The number of nitrogens with zero attached hydrogens (tertiary/aromatic N) is 4. The highest BCUT2D eigenvalue weighted by Gasteiger charge is 2.36. The highest BCUT2D eigenvalue weighted by atomic mass is 35.5. The average molecular weight is 460 g/mol. The second-order valence-corrected chi connectivity index (χ2v) is 7.53. The van der Waals surface area contributed by atoms with Gasteiger partial charge in [-0.2, -0.15) is 23.4 Å². The van der Waals surface area contributed by atoms with Gasteiger partial charge in [-0.3, -0.25) is 9.48 Å². The van der Waals surface area contributed by atoms with Crippen molar-refractivity contribution in [1.82, 2.24) is 19.6 Å². The number of nitrogens with one attached hydrogen (secondary N) is 1. The molecule has 2 aromatic carbocycles. The van der Waals surface area contributed by atoms with E-state index in [1.165, 1.54) is 21.6 Å². The lowest BCUT2D eigenvalue weighted by atomic mass is 10.00. The second kappa shape index (κ2) is 8.16. The molecule has 0 fully saturated rings. The van der Waals surface area contributed by atoms with Crippen molar-refractivity contribution < 1.29 is 18.0 Å². The van der Waals surface area contributed by atoms with Gasteiger partial charge >= 0.3 is 6.18 Å². The van der Waals surface area contributed by atoms with E-state index in [9.17, 15) is 18.0 Å². The first-order valence-corrected chi connectivity index (χ1v) is 9.85. The lowest BCUT2D eigenvalue weighted by Crippen LogP contribution is -2.18. The predicted molar refractivity (Wildman–Crippen MR) is 115 cm³/mol. The molecule has 0 radical (unpaired) electrons. The Morgan fingerprint density at radius 3 is 2.47 bits per heavy atom. The molecule has 0 unspecified atom stereocenters. The first kappa shape index (κ1) is 21.6. The predicted octanol–water partition coefficient (Wildman–Crippen LogP) is 5.51. The van der Waals surface area contributed by atoms with E-state index in [1.54, 1.807) is 20.2 Å². The van der Waals surface area contributed by atoms with Gasteiger partial charge in [0.05, 0.1) is 33.7 Å². The lowest BCUT2D eigenvalue weighted by molar-refractivity contribution is -0.137. The van der Waals surface area contributed by atoms with Crippen LogP contribution in [0.1, 0.15) is 21.5 Å². The fourth-order valence-corrected chi connectivity index (χ4v) is 3.52. The Kier molecular flexibility index (Phi) is 5.52. The summed E-state index contributed by atoms with van der Waals surface area (Å²) in [5.41, 5.74) is 0.152. The molecule has 0 aliphatic carbocycles. The molecule has 4 aromatic rings. The van der Waals surface area contributed by atoms with Gasteiger partial charge in [-0.05, 0) is 37.3 Å². The van der Waals surface area contributed by atoms with Crippen LogP contribution in [0.15, 0.2) is 60.9 Å². The van der Waals surface area contributed by atoms with Crippen molar-refractivity contribution in [2.75, 3.05) is 5.32 Å². The van der Waals surface area contributed by atoms with Gasteiger partial charge in [0.1, 0.15) is 5.82 Å². The Balaban J connectivity index is 1.77. The number of alkyl halides is 3.